The number of para-hydroxylation sites is 1. The summed E-state index contributed by atoms with van der Waals surface area (Å²) < 4.78 is 10.9. The zero-order valence-electron chi connectivity index (χ0n) is 9.23. The highest BCUT2D eigenvalue weighted by molar-refractivity contribution is 6.00. The lowest BCUT2D eigenvalue weighted by Gasteiger charge is -2.13. The van der Waals surface area contributed by atoms with Gasteiger partial charge in [0.1, 0.15) is 0 Å². The number of benzene rings is 1. The maximum Gasteiger partial charge on any atom is 0.180 e. The second kappa shape index (κ2) is 4.53. The molecule has 0 atom stereocenters. The second-order valence-corrected chi connectivity index (χ2v) is 3.78. The number of carbonyl (C=O) groups is 1. The summed E-state index contributed by atoms with van der Waals surface area (Å²) in [5.74, 6) is 0.990. The maximum absolute atomic E-state index is 11.6. The summed E-state index contributed by atoms with van der Waals surface area (Å²) in [7, 11) is 1.56. The van der Waals surface area contributed by atoms with Crippen LogP contribution in [0.3, 0.4) is 0 Å². The molecule has 2 rings (SSSR count). The van der Waals surface area contributed by atoms with Crippen molar-refractivity contribution >= 4 is 5.78 Å². The molecule has 0 bridgehead atoms. The molecular formula is C12H15NO3. The number of nitrogens with two attached hydrogens (primary N) is 1. The van der Waals surface area contributed by atoms with Gasteiger partial charge in [-0.05, 0) is 25.0 Å². The van der Waals surface area contributed by atoms with E-state index < -0.39 is 0 Å². The molecule has 1 aromatic rings. The van der Waals surface area contributed by atoms with Crippen LogP contribution in [0.1, 0.15) is 23.2 Å². The molecule has 0 heterocycles. The highest BCUT2D eigenvalue weighted by atomic mass is 16.5. The first-order valence-corrected chi connectivity index (χ1v) is 5.33. The van der Waals surface area contributed by atoms with Crippen LogP contribution in [0, 0.1) is 0 Å². The Kier molecular flexibility index (Phi) is 3.10. The minimum Gasteiger partial charge on any atom is -0.493 e. The molecule has 0 saturated heterocycles. The van der Waals surface area contributed by atoms with E-state index in [0.29, 0.717) is 17.1 Å². The van der Waals surface area contributed by atoms with Crippen LogP contribution in [0.4, 0.5) is 0 Å². The van der Waals surface area contributed by atoms with Gasteiger partial charge in [0.25, 0.3) is 0 Å². The standard InChI is InChI=1S/C12H15NO3/c1-15-11-4-2-3-9(10(14)7-13)12(11)16-8-5-6-8/h2-4,8H,5-7,13H2,1H3. The number of ketones is 1. The van der Waals surface area contributed by atoms with Crippen LogP contribution in [0.25, 0.3) is 0 Å². The third-order valence-electron chi connectivity index (χ3n) is 2.49. The molecule has 0 aromatic heterocycles. The number of ether oxygens (including phenoxy) is 2. The van der Waals surface area contributed by atoms with Crippen LogP contribution in [-0.2, 0) is 0 Å². The summed E-state index contributed by atoms with van der Waals surface area (Å²) in [5, 5.41) is 0. The topological polar surface area (TPSA) is 61.5 Å². The van der Waals surface area contributed by atoms with Gasteiger partial charge in [0.05, 0.1) is 25.3 Å². The summed E-state index contributed by atoms with van der Waals surface area (Å²) in [6.07, 6.45) is 2.29. The molecule has 2 N–H and O–H groups in total. The Labute approximate surface area is 94.3 Å². The Morgan fingerprint density at radius 1 is 1.50 bits per heavy atom. The van der Waals surface area contributed by atoms with Gasteiger partial charge in [-0.1, -0.05) is 6.07 Å². The van der Waals surface area contributed by atoms with Gasteiger partial charge >= 0.3 is 0 Å². The lowest BCUT2D eigenvalue weighted by molar-refractivity contribution is 0.0996. The van der Waals surface area contributed by atoms with Crippen molar-refractivity contribution in [3.8, 4) is 11.5 Å². The molecule has 1 fully saturated rings. The number of rotatable bonds is 5. The van der Waals surface area contributed by atoms with Gasteiger partial charge in [-0.2, -0.15) is 0 Å². The summed E-state index contributed by atoms with van der Waals surface area (Å²) in [5.41, 5.74) is 5.87. The van der Waals surface area contributed by atoms with Crippen molar-refractivity contribution in [2.75, 3.05) is 13.7 Å². The normalized spacial score (nSPS) is 14.6. The summed E-state index contributed by atoms with van der Waals surface area (Å²) in [6, 6.07) is 5.27. The fraction of sp³-hybridized carbons (Fsp3) is 0.417. The Balaban J connectivity index is 2.36. The fourth-order valence-corrected chi connectivity index (χ4v) is 1.48. The van der Waals surface area contributed by atoms with E-state index in [1.807, 2.05) is 0 Å². The van der Waals surface area contributed by atoms with E-state index in [2.05, 4.69) is 0 Å². The van der Waals surface area contributed by atoms with E-state index >= 15 is 0 Å². The number of methoxy groups -OCH3 is 1. The maximum atomic E-state index is 11.6. The van der Waals surface area contributed by atoms with E-state index in [1.165, 1.54) is 0 Å². The van der Waals surface area contributed by atoms with Crippen LogP contribution in [0.5, 0.6) is 11.5 Å². The molecule has 16 heavy (non-hydrogen) atoms. The van der Waals surface area contributed by atoms with Gasteiger partial charge in [-0.3, -0.25) is 4.79 Å². The van der Waals surface area contributed by atoms with Gasteiger partial charge in [0.2, 0.25) is 0 Å². The average molecular weight is 221 g/mol. The van der Waals surface area contributed by atoms with Crippen molar-refractivity contribution in [2.45, 2.75) is 18.9 Å². The van der Waals surface area contributed by atoms with E-state index in [9.17, 15) is 4.79 Å². The van der Waals surface area contributed by atoms with Gasteiger partial charge in [-0.15, -0.1) is 0 Å². The lowest BCUT2D eigenvalue weighted by atomic mass is 10.1. The van der Waals surface area contributed by atoms with E-state index in [-0.39, 0.29) is 18.4 Å². The second-order valence-electron chi connectivity index (χ2n) is 3.78. The highest BCUT2D eigenvalue weighted by Gasteiger charge is 2.27. The third-order valence-corrected chi connectivity index (χ3v) is 2.49. The predicted octanol–water partition coefficient (Wildman–Crippen LogP) is 1.38. The fourth-order valence-electron chi connectivity index (χ4n) is 1.48. The lowest BCUT2D eigenvalue weighted by Crippen LogP contribution is -2.15. The minimum atomic E-state index is -0.130. The van der Waals surface area contributed by atoms with Crippen molar-refractivity contribution in [1.82, 2.24) is 0 Å². The average Bonchev–Trinajstić information content (AvgIpc) is 3.12. The highest BCUT2D eigenvalue weighted by Crippen LogP contribution is 2.36. The largest absolute Gasteiger partial charge is 0.493 e. The van der Waals surface area contributed by atoms with Gasteiger partial charge in [0.15, 0.2) is 17.3 Å². The first-order valence-electron chi connectivity index (χ1n) is 5.33. The molecule has 1 aromatic carbocycles. The van der Waals surface area contributed by atoms with Crippen molar-refractivity contribution in [3.05, 3.63) is 23.8 Å². The third kappa shape index (κ3) is 2.17. The molecule has 4 nitrogen and oxygen atoms in total. The molecule has 0 spiro atoms. The molecule has 86 valence electrons. The van der Waals surface area contributed by atoms with Gasteiger partial charge in [-0.25, -0.2) is 0 Å². The van der Waals surface area contributed by atoms with Crippen LogP contribution in [-0.4, -0.2) is 25.5 Å². The Hall–Kier alpha value is -1.55. The van der Waals surface area contributed by atoms with E-state index in [0.717, 1.165) is 12.8 Å². The summed E-state index contributed by atoms with van der Waals surface area (Å²) >= 11 is 0. The molecule has 4 heteroatoms. The van der Waals surface area contributed by atoms with E-state index in [4.69, 9.17) is 15.2 Å². The van der Waals surface area contributed by atoms with Crippen molar-refractivity contribution in [2.24, 2.45) is 5.73 Å². The van der Waals surface area contributed by atoms with Crippen LogP contribution >= 0.6 is 0 Å². The first kappa shape index (κ1) is 11.0. The van der Waals surface area contributed by atoms with Gasteiger partial charge < -0.3 is 15.2 Å². The van der Waals surface area contributed by atoms with Gasteiger partial charge in [0, 0.05) is 0 Å². The Morgan fingerprint density at radius 3 is 2.81 bits per heavy atom. The summed E-state index contributed by atoms with van der Waals surface area (Å²) in [6.45, 7) is -0.0196. The number of carbonyl (C=O) groups excluding carboxylic acids is 1. The van der Waals surface area contributed by atoms with E-state index in [1.54, 1.807) is 25.3 Å². The summed E-state index contributed by atoms with van der Waals surface area (Å²) in [4.78, 5) is 11.6. The Bertz CT molecular complexity index is 399. The Morgan fingerprint density at radius 2 is 2.25 bits per heavy atom. The molecule has 1 aliphatic rings. The zero-order valence-corrected chi connectivity index (χ0v) is 9.23. The van der Waals surface area contributed by atoms with Crippen molar-refractivity contribution < 1.29 is 14.3 Å². The first-order chi connectivity index (χ1) is 7.76. The zero-order chi connectivity index (χ0) is 11.5. The SMILES string of the molecule is COc1cccc(C(=O)CN)c1OC1CC1. The monoisotopic (exact) mass is 221 g/mol. The molecule has 0 unspecified atom stereocenters. The van der Waals surface area contributed by atoms with Crippen molar-refractivity contribution in [3.63, 3.8) is 0 Å². The van der Waals surface area contributed by atoms with Crippen LogP contribution in [0.15, 0.2) is 18.2 Å². The molecule has 0 amide bonds. The molecule has 1 saturated carbocycles. The smallest absolute Gasteiger partial charge is 0.180 e. The number of hydrogen-bond acceptors (Lipinski definition) is 4. The molecule has 0 aliphatic heterocycles. The molecule has 0 radical (unpaired) electrons. The number of Topliss-reactive ketones (excluding diaryl/α,β-unsaturated/α-hetero) is 1. The van der Waals surface area contributed by atoms with Crippen LogP contribution in [0.2, 0.25) is 0 Å². The predicted molar refractivity (Wildman–Crippen MR) is 60.0 cm³/mol. The number of hydrogen-bond donors (Lipinski definition) is 1. The minimum absolute atomic E-state index is 0.0196. The van der Waals surface area contributed by atoms with Crippen molar-refractivity contribution in [1.29, 1.82) is 0 Å². The molecule has 1 aliphatic carbocycles. The van der Waals surface area contributed by atoms with Crippen LogP contribution < -0.4 is 15.2 Å². The molecular weight excluding hydrogens is 206 g/mol. The quantitative estimate of drug-likeness (QED) is 0.763.